The highest BCUT2D eigenvalue weighted by molar-refractivity contribution is 5.28. The van der Waals surface area contributed by atoms with Gasteiger partial charge in [-0.25, -0.2) is 0 Å². The Labute approximate surface area is 128 Å². The molecule has 2 unspecified atom stereocenters. The molecule has 0 amide bonds. The van der Waals surface area contributed by atoms with Crippen LogP contribution in [0.15, 0.2) is 24.3 Å². The number of piperazine rings is 1. The number of fused-ring (bicyclic) bond motifs is 1. The van der Waals surface area contributed by atoms with Crippen LogP contribution in [0.25, 0.3) is 0 Å². The van der Waals surface area contributed by atoms with Gasteiger partial charge < -0.3 is 4.74 Å². The maximum absolute atomic E-state index is 5.36. The maximum Gasteiger partial charge on any atom is 0.119 e. The van der Waals surface area contributed by atoms with E-state index in [1.54, 1.807) is 7.11 Å². The number of nitrogens with zero attached hydrogens (tertiary/aromatic N) is 2. The van der Waals surface area contributed by atoms with Crippen molar-refractivity contribution < 1.29 is 4.74 Å². The van der Waals surface area contributed by atoms with E-state index in [4.69, 9.17) is 4.74 Å². The minimum atomic E-state index is 0.672. The van der Waals surface area contributed by atoms with Crippen LogP contribution < -0.4 is 4.74 Å². The Balaban J connectivity index is 1.74. The third-order valence-electron chi connectivity index (χ3n) is 5.12. The molecule has 0 N–H and O–H groups in total. The van der Waals surface area contributed by atoms with E-state index in [1.807, 2.05) is 6.07 Å². The van der Waals surface area contributed by atoms with Crippen LogP contribution in [0.5, 0.6) is 5.75 Å². The molecule has 0 spiro atoms. The molecule has 0 aromatic heterocycles. The molecule has 2 heterocycles. The molecule has 21 heavy (non-hydrogen) atoms. The average molecular weight is 288 g/mol. The van der Waals surface area contributed by atoms with Crippen LogP contribution in [-0.4, -0.2) is 48.6 Å². The normalized spacial score (nSPS) is 27.0. The van der Waals surface area contributed by atoms with Gasteiger partial charge in [0, 0.05) is 31.7 Å². The Morgan fingerprint density at radius 1 is 1.29 bits per heavy atom. The van der Waals surface area contributed by atoms with Crippen LogP contribution in [-0.2, 0) is 6.54 Å². The smallest absolute Gasteiger partial charge is 0.119 e. The van der Waals surface area contributed by atoms with Crippen LogP contribution in [0.2, 0.25) is 0 Å². The van der Waals surface area contributed by atoms with E-state index in [0.29, 0.717) is 12.0 Å². The zero-order valence-electron chi connectivity index (χ0n) is 13.6. The Morgan fingerprint density at radius 3 is 2.90 bits per heavy atom. The van der Waals surface area contributed by atoms with Crippen LogP contribution in [0.4, 0.5) is 0 Å². The lowest BCUT2D eigenvalue weighted by atomic mass is 9.96. The van der Waals surface area contributed by atoms with Crippen LogP contribution in [0.3, 0.4) is 0 Å². The standard InChI is InChI=1S/C18H28N2O/c1-14(2)18-13-19-9-5-7-16(19)12-20(18)11-15-6-4-8-17(10-15)21-3/h4,6,8,10,14,16,18H,5,7,9,11-13H2,1-3H3. The molecule has 2 saturated heterocycles. The number of hydrogen-bond acceptors (Lipinski definition) is 3. The Kier molecular flexibility index (Phi) is 4.51. The lowest BCUT2D eigenvalue weighted by Gasteiger charge is -2.45. The molecule has 0 radical (unpaired) electrons. The summed E-state index contributed by atoms with van der Waals surface area (Å²) in [6, 6.07) is 9.98. The van der Waals surface area contributed by atoms with Gasteiger partial charge in [-0.3, -0.25) is 9.80 Å². The van der Waals surface area contributed by atoms with Crippen molar-refractivity contribution >= 4 is 0 Å². The van der Waals surface area contributed by atoms with E-state index in [-0.39, 0.29) is 0 Å². The molecular formula is C18H28N2O. The molecule has 1 aromatic rings. The third-order valence-corrected chi connectivity index (χ3v) is 5.12. The summed E-state index contributed by atoms with van der Waals surface area (Å²) in [5.74, 6) is 1.67. The van der Waals surface area contributed by atoms with Gasteiger partial charge in [0.25, 0.3) is 0 Å². The van der Waals surface area contributed by atoms with Crippen molar-refractivity contribution in [2.75, 3.05) is 26.7 Å². The molecule has 3 heteroatoms. The topological polar surface area (TPSA) is 15.7 Å². The monoisotopic (exact) mass is 288 g/mol. The highest BCUT2D eigenvalue weighted by Gasteiger charge is 2.37. The van der Waals surface area contributed by atoms with E-state index >= 15 is 0 Å². The minimum Gasteiger partial charge on any atom is -0.497 e. The van der Waals surface area contributed by atoms with Gasteiger partial charge in [0.05, 0.1) is 7.11 Å². The maximum atomic E-state index is 5.36. The Bertz CT molecular complexity index is 474. The van der Waals surface area contributed by atoms with Crippen LogP contribution in [0.1, 0.15) is 32.3 Å². The van der Waals surface area contributed by atoms with Gasteiger partial charge in [0.1, 0.15) is 5.75 Å². The predicted octanol–water partition coefficient (Wildman–Crippen LogP) is 3.00. The summed E-state index contributed by atoms with van der Waals surface area (Å²) in [6.45, 7) is 9.54. The molecule has 3 nitrogen and oxygen atoms in total. The van der Waals surface area contributed by atoms with Gasteiger partial charge >= 0.3 is 0 Å². The van der Waals surface area contributed by atoms with Crippen molar-refractivity contribution in [2.24, 2.45) is 5.92 Å². The minimum absolute atomic E-state index is 0.672. The molecule has 1 aromatic carbocycles. The molecular weight excluding hydrogens is 260 g/mol. The first-order chi connectivity index (χ1) is 10.2. The Hall–Kier alpha value is -1.06. The van der Waals surface area contributed by atoms with Crippen molar-refractivity contribution in [1.82, 2.24) is 9.80 Å². The van der Waals surface area contributed by atoms with Crippen molar-refractivity contribution in [1.29, 1.82) is 0 Å². The van der Waals surface area contributed by atoms with Crippen molar-refractivity contribution in [3.05, 3.63) is 29.8 Å². The van der Waals surface area contributed by atoms with Crippen molar-refractivity contribution in [3.63, 3.8) is 0 Å². The predicted molar refractivity (Wildman–Crippen MR) is 86.6 cm³/mol. The molecule has 2 fully saturated rings. The molecule has 0 bridgehead atoms. The molecule has 0 aliphatic carbocycles. The second-order valence-corrected chi connectivity index (χ2v) is 6.88. The van der Waals surface area contributed by atoms with E-state index in [0.717, 1.165) is 18.3 Å². The lowest BCUT2D eigenvalue weighted by molar-refractivity contribution is 0.0239. The fourth-order valence-corrected chi connectivity index (χ4v) is 3.92. The van der Waals surface area contributed by atoms with Gasteiger partial charge in [-0.15, -0.1) is 0 Å². The summed E-state index contributed by atoms with van der Waals surface area (Å²) < 4.78 is 5.36. The summed E-state index contributed by atoms with van der Waals surface area (Å²) >= 11 is 0. The Morgan fingerprint density at radius 2 is 2.14 bits per heavy atom. The second-order valence-electron chi connectivity index (χ2n) is 6.88. The average Bonchev–Trinajstić information content (AvgIpc) is 2.93. The van der Waals surface area contributed by atoms with Gasteiger partial charge in [0.15, 0.2) is 0 Å². The summed E-state index contributed by atoms with van der Waals surface area (Å²) in [6.07, 6.45) is 2.75. The first kappa shape index (κ1) is 14.9. The second kappa shape index (κ2) is 6.37. The number of hydrogen-bond donors (Lipinski definition) is 0. The van der Waals surface area contributed by atoms with E-state index < -0.39 is 0 Å². The number of methoxy groups -OCH3 is 1. The largest absolute Gasteiger partial charge is 0.497 e. The zero-order chi connectivity index (χ0) is 14.8. The fourth-order valence-electron chi connectivity index (χ4n) is 3.92. The summed E-state index contributed by atoms with van der Waals surface area (Å²) in [5, 5.41) is 0. The molecule has 2 aliphatic rings. The first-order valence-corrected chi connectivity index (χ1v) is 8.28. The van der Waals surface area contributed by atoms with Gasteiger partial charge in [-0.2, -0.15) is 0 Å². The van der Waals surface area contributed by atoms with E-state index in [9.17, 15) is 0 Å². The molecule has 2 aliphatic heterocycles. The SMILES string of the molecule is COc1cccc(CN2CC3CCCN3CC2C(C)C)c1. The van der Waals surface area contributed by atoms with Gasteiger partial charge in [-0.1, -0.05) is 26.0 Å². The van der Waals surface area contributed by atoms with Crippen molar-refractivity contribution in [3.8, 4) is 5.75 Å². The van der Waals surface area contributed by atoms with E-state index in [1.165, 1.54) is 38.0 Å². The van der Waals surface area contributed by atoms with Gasteiger partial charge in [-0.05, 0) is 43.0 Å². The lowest BCUT2D eigenvalue weighted by Crippen LogP contribution is -2.57. The molecule has 0 saturated carbocycles. The molecule has 2 atom stereocenters. The van der Waals surface area contributed by atoms with Crippen LogP contribution >= 0.6 is 0 Å². The summed E-state index contributed by atoms with van der Waals surface area (Å²) in [5.41, 5.74) is 1.37. The number of rotatable bonds is 4. The highest BCUT2D eigenvalue weighted by Crippen LogP contribution is 2.29. The van der Waals surface area contributed by atoms with Crippen molar-refractivity contribution in [2.45, 2.75) is 45.3 Å². The summed E-state index contributed by atoms with van der Waals surface area (Å²) in [4.78, 5) is 5.42. The molecule has 3 rings (SSSR count). The number of benzene rings is 1. The first-order valence-electron chi connectivity index (χ1n) is 8.28. The van der Waals surface area contributed by atoms with E-state index in [2.05, 4.69) is 41.8 Å². The third kappa shape index (κ3) is 3.24. The summed E-state index contributed by atoms with van der Waals surface area (Å²) in [7, 11) is 1.74. The van der Waals surface area contributed by atoms with Crippen LogP contribution in [0, 0.1) is 5.92 Å². The molecule has 116 valence electrons. The highest BCUT2D eigenvalue weighted by atomic mass is 16.5. The number of ether oxygens (including phenoxy) is 1. The fraction of sp³-hybridized carbons (Fsp3) is 0.667. The quantitative estimate of drug-likeness (QED) is 0.847. The van der Waals surface area contributed by atoms with Gasteiger partial charge in [0.2, 0.25) is 0 Å². The zero-order valence-corrected chi connectivity index (χ0v) is 13.6.